The van der Waals surface area contributed by atoms with Gasteiger partial charge in [0.1, 0.15) is 0 Å². The molecule has 0 aromatic heterocycles. The second kappa shape index (κ2) is 5.95. The van der Waals surface area contributed by atoms with Crippen molar-refractivity contribution in [1.29, 1.82) is 0 Å². The van der Waals surface area contributed by atoms with Crippen LogP contribution in [-0.4, -0.2) is 30.0 Å². The first-order valence-corrected chi connectivity index (χ1v) is 5.71. The van der Waals surface area contributed by atoms with Crippen LogP contribution in [0.25, 0.3) is 0 Å². The standard InChI is InChI=1S/C11H21NO3/c1-8(2)7-15-11(14)12-9-5-3-4-6-10(9)13/h8-10,13H,3-7H2,1-2H3,(H,12,14)/t9-,10-/m0/s1. The maximum Gasteiger partial charge on any atom is 0.407 e. The molecule has 1 rings (SSSR count). The Balaban J connectivity index is 2.24. The maximum atomic E-state index is 11.3. The van der Waals surface area contributed by atoms with E-state index in [9.17, 15) is 9.90 Å². The van der Waals surface area contributed by atoms with Gasteiger partial charge in [-0.25, -0.2) is 4.79 Å². The summed E-state index contributed by atoms with van der Waals surface area (Å²) in [7, 11) is 0. The van der Waals surface area contributed by atoms with E-state index < -0.39 is 12.2 Å². The normalized spacial score (nSPS) is 26.4. The highest BCUT2D eigenvalue weighted by Gasteiger charge is 2.24. The Morgan fingerprint density at radius 3 is 2.73 bits per heavy atom. The minimum absolute atomic E-state index is 0.126. The molecule has 4 nitrogen and oxygen atoms in total. The fraction of sp³-hybridized carbons (Fsp3) is 0.909. The molecule has 0 heterocycles. The molecule has 1 fully saturated rings. The summed E-state index contributed by atoms with van der Waals surface area (Å²) in [6, 6.07) is -0.126. The number of carbonyl (C=O) groups excluding carboxylic acids is 1. The third-order valence-electron chi connectivity index (χ3n) is 2.58. The van der Waals surface area contributed by atoms with Gasteiger partial charge < -0.3 is 15.2 Å². The number of ether oxygens (including phenoxy) is 1. The Labute approximate surface area is 91.0 Å². The van der Waals surface area contributed by atoms with Gasteiger partial charge in [-0.2, -0.15) is 0 Å². The minimum atomic E-state index is -0.412. The molecule has 2 N–H and O–H groups in total. The van der Waals surface area contributed by atoms with E-state index in [4.69, 9.17) is 4.74 Å². The molecule has 0 saturated heterocycles. The van der Waals surface area contributed by atoms with E-state index >= 15 is 0 Å². The number of rotatable bonds is 3. The van der Waals surface area contributed by atoms with Crippen molar-refractivity contribution in [2.24, 2.45) is 5.92 Å². The van der Waals surface area contributed by atoms with Crippen LogP contribution in [0.2, 0.25) is 0 Å². The lowest BCUT2D eigenvalue weighted by molar-refractivity contribution is 0.0769. The average molecular weight is 215 g/mol. The van der Waals surface area contributed by atoms with Crippen molar-refractivity contribution in [1.82, 2.24) is 5.32 Å². The zero-order valence-corrected chi connectivity index (χ0v) is 9.53. The van der Waals surface area contributed by atoms with Gasteiger partial charge in [-0.3, -0.25) is 0 Å². The molecule has 0 aromatic carbocycles. The van der Waals surface area contributed by atoms with Gasteiger partial charge in [0.2, 0.25) is 0 Å². The lowest BCUT2D eigenvalue weighted by Gasteiger charge is -2.27. The summed E-state index contributed by atoms with van der Waals surface area (Å²) in [5.41, 5.74) is 0. The van der Waals surface area contributed by atoms with Crippen molar-refractivity contribution in [3.63, 3.8) is 0 Å². The second-order valence-electron chi connectivity index (χ2n) is 4.59. The Morgan fingerprint density at radius 1 is 1.47 bits per heavy atom. The van der Waals surface area contributed by atoms with Gasteiger partial charge in [0.05, 0.1) is 18.8 Å². The minimum Gasteiger partial charge on any atom is -0.449 e. The summed E-state index contributed by atoms with van der Waals surface area (Å²) in [6.45, 7) is 4.40. The number of nitrogens with one attached hydrogen (secondary N) is 1. The maximum absolute atomic E-state index is 11.3. The number of hydrogen-bond donors (Lipinski definition) is 2. The number of amides is 1. The summed E-state index contributed by atoms with van der Waals surface area (Å²) >= 11 is 0. The smallest absolute Gasteiger partial charge is 0.407 e. The van der Waals surface area contributed by atoms with E-state index in [0.29, 0.717) is 12.5 Å². The first-order chi connectivity index (χ1) is 7.09. The third-order valence-corrected chi connectivity index (χ3v) is 2.58. The Hall–Kier alpha value is -0.770. The molecule has 0 bridgehead atoms. The van der Waals surface area contributed by atoms with Crippen molar-refractivity contribution in [2.75, 3.05) is 6.61 Å². The lowest BCUT2D eigenvalue weighted by Crippen LogP contribution is -2.45. The first kappa shape index (κ1) is 12.3. The molecule has 4 heteroatoms. The van der Waals surface area contributed by atoms with Crippen molar-refractivity contribution in [3.05, 3.63) is 0 Å². The summed E-state index contributed by atoms with van der Waals surface area (Å²) < 4.78 is 4.99. The largest absolute Gasteiger partial charge is 0.449 e. The molecule has 1 aliphatic carbocycles. The van der Waals surface area contributed by atoms with E-state index in [1.165, 1.54) is 0 Å². The van der Waals surface area contributed by atoms with Crippen LogP contribution in [0, 0.1) is 5.92 Å². The lowest BCUT2D eigenvalue weighted by atomic mass is 9.93. The molecule has 0 aliphatic heterocycles. The predicted molar refractivity (Wildman–Crippen MR) is 57.6 cm³/mol. The zero-order chi connectivity index (χ0) is 11.3. The molecular weight excluding hydrogens is 194 g/mol. The number of aliphatic hydroxyl groups excluding tert-OH is 1. The predicted octanol–water partition coefficient (Wildman–Crippen LogP) is 1.67. The fourth-order valence-electron chi connectivity index (χ4n) is 1.72. The topological polar surface area (TPSA) is 58.6 Å². The van der Waals surface area contributed by atoms with Gasteiger partial charge in [-0.1, -0.05) is 26.7 Å². The van der Waals surface area contributed by atoms with E-state index in [-0.39, 0.29) is 6.04 Å². The van der Waals surface area contributed by atoms with Gasteiger partial charge in [0, 0.05) is 0 Å². The molecule has 88 valence electrons. The zero-order valence-electron chi connectivity index (χ0n) is 9.53. The molecule has 1 aliphatic rings. The van der Waals surface area contributed by atoms with E-state index in [0.717, 1.165) is 25.7 Å². The second-order valence-corrected chi connectivity index (χ2v) is 4.59. The average Bonchev–Trinajstić information content (AvgIpc) is 2.18. The molecular formula is C11H21NO3. The highest BCUT2D eigenvalue weighted by molar-refractivity contribution is 5.67. The molecule has 1 saturated carbocycles. The van der Waals surface area contributed by atoms with Crippen LogP contribution in [0.1, 0.15) is 39.5 Å². The molecule has 15 heavy (non-hydrogen) atoms. The van der Waals surface area contributed by atoms with Crippen LogP contribution in [-0.2, 0) is 4.74 Å². The van der Waals surface area contributed by atoms with Crippen LogP contribution >= 0.6 is 0 Å². The van der Waals surface area contributed by atoms with Crippen molar-refractivity contribution in [3.8, 4) is 0 Å². The van der Waals surface area contributed by atoms with Crippen molar-refractivity contribution >= 4 is 6.09 Å². The van der Waals surface area contributed by atoms with Crippen LogP contribution < -0.4 is 5.32 Å². The van der Waals surface area contributed by atoms with Crippen LogP contribution in [0.15, 0.2) is 0 Å². The summed E-state index contributed by atoms with van der Waals surface area (Å²) in [4.78, 5) is 11.3. The van der Waals surface area contributed by atoms with E-state index in [1.807, 2.05) is 13.8 Å². The van der Waals surface area contributed by atoms with Crippen molar-refractivity contribution in [2.45, 2.75) is 51.7 Å². The van der Waals surface area contributed by atoms with Crippen LogP contribution in [0.5, 0.6) is 0 Å². The fourth-order valence-corrected chi connectivity index (χ4v) is 1.72. The molecule has 0 aromatic rings. The number of carbonyl (C=O) groups is 1. The molecule has 0 unspecified atom stereocenters. The van der Waals surface area contributed by atoms with Crippen LogP contribution in [0.3, 0.4) is 0 Å². The summed E-state index contributed by atoms with van der Waals surface area (Å²) in [6.07, 6.45) is 2.90. The highest BCUT2D eigenvalue weighted by atomic mass is 16.5. The molecule has 0 radical (unpaired) electrons. The van der Waals surface area contributed by atoms with Gasteiger partial charge >= 0.3 is 6.09 Å². The van der Waals surface area contributed by atoms with Gasteiger partial charge in [0.25, 0.3) is 0 Å². The molecule has 1 amide bonds. The summed E-state index contributed by atoms with van der Waals surface area (Å²) in [5, 5.41) is 12.3. The molecule has 0 spiro atoms. The quantitative estimate of drug-likeness (QED) is 0.753. The van der Waals surface area contributed by atoms with E-state index in [1.54, 1.807) is 0 Å². The van der Waals surface area contributed by atoms with E-state index in [2.05, 4.69) is 5.32 Å². The monoisotopic (exact) mass is 215 g/mol. The number of aliphatic hydroxyl groups is 1. The Kier molecular flexibility index (Phi) is 4.88. The SMILES string of the molecule is CC(C)COC(=O)N[C@H]1CCCC[C@@H]1O. The first-order valence-electron chi connectivity index (χ1n) is 5.71. The Morgan fingerprint density at radius 2 is 2.13 bits per heavy atom. The van der Waals surface area contributed by atoms with Gasteiger partial charge in [-0.15, -0.1) is 0 Å². The number of alkyl carbamates (subject to hydrolysis) is 1. The highest BCUT2D eigenvalue weighted by Crippen LogP contribution is 2.18. The molecule has 2 atom stereocenters. The summed E-state index contributed by atoms with van der Waals surface area (Å²) in [5.74, 6) is 0.340. The third kappa shape index (κ3) is 4.51. The van der Waals surface area contributed by atoms with Gasteiger partial charge in [-0.05, 0) is 18.8 Å². The van der Waals surface area contributed by atoms with Crippen LogP contribution in [0.4, 0.5) is 4.79 Å². The van der Waals surface area contributed by atoms with Crippen molar-refractivity contribution < 1.29 is 14.6 Å². The number of hydrogen-bond acceptors (Lipinski definition) is 3. The van der Waals surface area contributed by atoms with Gasteiger partial charge in [0.15, 0.2) is 0 Å². The Bertz CT molecular complexity index is 206.